The molecule has 0 aromatic carbocycles. The van der Waals surface area contributed by atoms with Crippen LogP contribution in [0.1, 0.15) is 39.5 Å². The van der Waals surface area contributed by atoms with Crippen molar-refractivity contribution in [1.29, 1.82) is 0 Å². The minimum absolute atomic E-state index is 0.0988. The summed E-state index contributed by atoms with van der Waals surface area (Å²) in [6.45, 7) is 7.36. The standard InChI is InChI=1S/C11H22N2O2S/c1-9(2)8-16(14,15)13-11-6-4-10(12-3)5-7-11/h9-11,13H,3-8H2,1-2H3. The second kappa shape index (κ2) is 5.77. The molecule has 1 fully saturated rings. The minimum Gasteiger partial charge on any atom is -0.298 e. The van der Waals surface area contributed by atoms with Gasteiger partial charge in [-0.3, -0.25) is 4.99 Å². The van der Waals surface area contributed by atoms with Crippen LogP contribution in [0.5, 0.6) is 0 Å². The first kappa shape index (κ1) is 13.6. The first-order valence-corrected chi connectivity index (χ1v) is 7.54. The van der Waals surface area contributed by atoms with Gasteiger partial charge in [0.15, 0.2) is 0 Å². The average Bonchev–Trinajstić information content (AvgIpc) is 2.16. The van der Waals surface area contributed by atoms with E-state index in [0.29, 0.717) is 6.04 Å². The first-order chi connectivity index (χ1) is 7.43. The summed E-state index contributed by atoms with van der Waals surface area (Å²) in [5.74, 6) is 0.385. The molecular formula is C11H22N2O2S. The van der Waals surface area contributed by atoms with Crippen molar-refractivity contribution in [3.8, 4) is 0 Å². The predicted octanol–water partition coefficient (Wildman–Crippen LogP) is 1.57. The summed E-state index contributed by atoms with van der Waals surface area (Å²) in [5.41, 5.74) is 0. The molecule has 0 spiro atoms. The zero-order valence-electron chi connectivity index (χ0n) is 10.1. The number of nitrogens with zero attached hydrogens (tertiary/aromatic N) is 1. The molecule has 0 atom stereocenters. The van der Waals surface area contributed by atoms with E-state index in [4.69, 9.17) is 0 Å². The van der Waals surface area contributed by atoms with Crippen LogP contribution in [0.15, 0.2) is 4.99 Å². The second-order valence-corrected chi connectivity index (χ2v) is 6.78. The van der Waals surface area contributed by atoms with Crippen LogP contribution in [-0.2, 0) is 10.0 Å². The fraction of sp³-hybridized carbons (Fsp3) is 0.909. The molecule has 0 heterocycles. The molecule has 0 amide bonds. The normalized spacial score (nSPS) is 26.9. The molecule has 1 aliphatic carbocycles. The van der Waals surface area contributed by atoms with Crippen molar-refractivity contribution < 1.29 is 8.42 Å². The molecule has 0 aromatic heterocycles. The van der Waals surface area contributed by atoms with Crippen LogP contribution in [0.3, 0.4) is 0 Å². The number of hydrogen-bond donors (Lipinski definition) is 1. The highest BCUT2D eigenvalue weighted by Crippen LogP contribution is 2.21. The average molecular weight is 246 g/mol. The van der Waals surface area contributed by atoms with Crippen LogP contribution in [0.2, 0.25) is 0 Å². The molecule has 0 bridgehead atoms. The maximum Gasteiger partial charge on any atom is 0.212 e. The summed E-state index contributed by atoms with van der Waals surface area (Å²) >= 11 is 0. The molecule has 1 N–H and O–H groups in total. The predicted molar refractivity (Wildman–Crippen MR) is 67.4 cm³/mol. The van der Waals surface area contributed by atoms with E-state index < -0.39 is 10.0 Å². The summed E-state index contributed by atoms with van der Waals surface area (Å²) < 4.78 is 26.2. The van der Waals surface area contributed by atoms with E-state index in [0.717, 1.165) is 25.7 Å². The Balaban J connectivity index is 2.41. The van der Waals surface area contributed by atoms with Gasteiger partial charge in [0.05, 0.1) is 5.75 Å². The molecule has 1 rings (SSSR count). The van der Waals surface area contributed by atoms with E-state index in [-0.39, 0.29) is 17.7 Å². The van der Waals surface area contributed by atoms with Crippen molar-refractivity contribution in [2.45, 2.75) is 51.6 Å². The number of sulfonamides is 1. The molecule has 4 nitrogen and oxygen atoms in total. The maximum absolute atomic E-state index is 11.7. The maximum atomic E-state index is 11.7. The van der Waals surface area contributed by atoms with Crippen molar-refractivity contribution in [1.82, 2.24) is 4.72 Å². The Morgan fingerprint density at radius 1 is 1.31 bits per heavy atom. The van der Waals surface area contributed by atoms with E-state index in [9.17, 15) is 8.42 Å². The topological polar surface area (TPSA) is 58.5 Å². The van der Waals surface area contributed by atoms with Gasteiger partial charge in [-0.2, -0.15) is 0 Å². The first-order valence-electron chi connectivity index (χ1n) is 5.89. The quantitative estimate of drug-likeness (QED) is 0.749. The molecule has 0 radical (unpaired) electrons. The van der Waals surface area contributed by atoms with Crippen LogP contribution in [0.25, 0.3) is 0 Å². The summed E-state index contributed by atoms with van der Waals surface area (Å²) in [5, 5.41) is 0. The Kier molecular flexibility index (Phi) is 4.92. The van der Waals surface area contributed by atoms with E-state index in [1.165, 1.54) is 0 Å². The molecule has 94 valence electrons. The van der Waals surface area contributed by atoms with Gasteiger partial charge in [0.2, 0.25) is 10.0 Å². The summed E-state index contributed by atoms with van der Waals surface area (Å²) in [4.78, 5) is 4.00. The van der Waals surface area contributed by atoms with Gasteiger partial charge in [0.1, 0.15) is 0 Å². The van der Waals surface area contributed by atoms with Crippen molar-refractivity contribution in [2.24, 2.45) is 10.9 Å². The Morgan fingerprint density at radius 3 is 2.31 bits per heavy atom. The molecule has 0 aliphatic heterocycles. The Hall–Kier alpha value is -0.420. The molecule has 0 unspecified atom stereocenters. The van der Waals surface area contributed by atoms with Crippen LogP contribution < -0.4 is 4.72 Å². The third-order valence-electron chi connectivity index (χ3n) is 2.85. The zero-order chi connectivity index (χ0) is 12.2. The Labute approximate surface area is 98.6 Å². The van der Waals surface area contributed by atoms with Crippen LogP contribution in [-0.4, -0.2) is 33.0 Å². The van der Waals surface area contributed by atoms with Crippen molar-refractivity contribution >= 4 is 16.7 Å². The lowest BCUT2D eigenvalue weighted by Crippen LogP contribution is -2.40. The SMILES string of the molecule is C=NC1CCC(NS(=O)(=O)CC(C)C)CC1. The van der Waals surface area contributed by atoms with Gasteiger partial charge in [-0.1, -0.05) is 13.8 Å². The van der Waals surface area contributed by atoms with Gasteiger partial charge in [0, 0.05) is 12.1 Å². The van der Waals surface area contributed by atoms with Crippen LogP contribution in [0.4, 0.5) is 0 Å². The Morgan fingerprint density at radius 2 is 1.88 bits per heavy atom. The third-order valence-corrected chi connectivity index (χ3v) is 4.65. The molecule has 0 saturated heterocycles. The summed E-state index contributed by atoms with van der Waals surface area (Å²) in [6.07, 6.45) is 3.64. The van der Waals surface area contributed by atoms with Gasteiger partial charge in [-0.15, -0.1) is 0 Å². The Bertz CT molecular complexity index is 317. The monoisotopic (exact) mass is 246 g/mol. The van der Waals surface area contributed by atoms with Crippen molar-refractivity contribution in [2.75, 3.05) is 5.75 Å². The lowest BCUT2D eigenvalue weighted by Gasteiger charge is -2.26. The highest BCUT2D eigenvalue weighted by atomic mass is 32.2. The van der Waals surface area contributed by atoms with Crippen molar-refractivity contribution in [3.63, 3.8) is 0 Å². The minimum atomic E-state index is -3.10. The van der Waals surface area contributed by atoms with Gasteiger partial charge in [0.25, 0.3) is 0 Å². The summed E-state index contributed by atoms with van der Waals surface area (Å²) in [6, 6.07) is 0.424. The number of nitrogens with one attached hydrogen (secondary N) is 1. The number of rotatable bonds is 5. The highest BCUT2D eigenvalue weighted by molar-refractivity contribution is 7.89. The second-order valence-electron chi connectivity index (χ2n) is 4.98. The van der Waals surface area contributed by atoms with Gasteiger partial charge in [-0.25, -0.2) is 13.1 Å². The highest BCUT2D eigenvalue weighted by Gasteiger charge is 2.24. The van der Waals surface area contributed by atoms with Crippen molar-refractivity contribution in [3.05, 3.63) is 0 Å². The van der Waals surface area contributed by atoms with Crippen LogP contribution >= 0.6 is 0 Å². The fourth-order valence-corrected chi connectivity index (χ4v) is 3.83. The number of hydrogen-bond acceptors (Lipinski definition) is 3. The van der Waals surface area contributed by atoms with Gasteiger partial charge < -0.3 is 0 Å². The molecular weight excluding hydrogens is 224 g/mol. The van der Waals surface area contributed by atoms with Crippen LogP contribution in [0, 0.1) is 5.92 Å². The van der Waals surface area contributed by atoms with E-state index >= 15 is 0 Å². The fourth-order valence-electron chi connectivity index (χ4n) is 2.12. The van der Waals surface area contributed by atoms with Gasteiger partial charge >= 0.3 is 0 Å². The number of aliphatic imine (C=N–C) groups is 1. The van der Waals surface area contributed by atoms with E-state index in [2.05, 4.69) is 16.4 Å². The smallest absolute Gasteiger partial charge is 0.212 e. The van der Waals surface area contributed by atoms with Gasteiger partial charge in [-0.05, 0) is 38.3 Å². The molecule has 0 aromatic rings. The van der Waals surface area contributed by atoms with E-state index in [1.54, 1.807) is 0 Å². The summed E-state index contributed by atoms with van der Waals surface area (Å²) in [7, 11) is -3.10. The largest absolute Gasteiger partial charge is 0.298 e. The lowest BCUT2D eigenvalue weighted by molar-refractivity contribution is 0.375. The molecule has 16 heavy (non-hydrogen) atoms. The lowest BCUT2D eigenvalue weighted by atomic mass is 9.92. The molecule has 1 saturated carbocycles. The zero-order valence-corrected chi connectivity index (χ0v) is 11.0. The molecule has 5 heteroatoms. The van der Waals surface area contributed by atoms with E-state index in [1.807, 2.05) is 13.8 Å². The molecule has 1 aliphatic rings. The third kappa shape index (κ3) is 4.61.